The molecule has 1 aromatic carbocycles. The molecule has 1 aliphatic rings. The minimum atomic E-state index is -0.567. The van der Waals surface area contributed by atoms with E-state index in [0.717, 1.165) is 19.5 Å². The number of hydrogen-bond acceptors (Lipinski definition) is 6. The van der Waals surface area contributed by atoms with Crippen molar-refractivity contribution in [2.45, 2.75) is 26.1 Å². The third kappa shape index (κ3) is 4.41. The molecule has 0 spiro atoms. The highest BCUT2D eigenvalue weighted by atomic mass is 16.5. The van der Waals surface area contributed by atoms with Gasteiger partial charge in [0.2, 0.25) is 16.9 Å². The predicted molar refractivity (Wildman–Crippen MR) is 103 cm³/mol. The van der Waals surface area contributed by atoms with E-state index in [-0.39, 0.29) is 23.5 Å². The summed E-state index contributed by atoms with van der Waals surface area (Å²) in [6.45, 7) is 2.57. The van der Waals surface area contributed by atoms with Gasteiger partial charge in [-0.3, -0.25) is 4.79 Å². The van der Waals surface area contributed by atoms with Crippen LogP contribution in [0.2, 0.25) is 0 Å². The second kappa shape index (κ2) is 8.36. The summed E-state index contributed by atoms with van der Waals surface area (Å²) in [5.41, 5.74) is 2.50. The topological polar surface area (TPSA) is 83.3 Å². The van der Waals surface area contributed by atoms with Crippen molar-refractivity contribution in [2.24, 2.45) is 0 Å². The van der Waals surface area contributed by atoms with Gasteiger partial charge in [-0.15, -0.1) is 0 Å². The molecule has 29 heavy (non-hydrogen) atoms. The molecule has 3 heterocycles. The van der Waals surface area contributed by atoms with Gasteiger partial charge >= 0.3 is 5.97 Å². The Bertz CT molecular complexity index is 1070. The van der Waals surface area contributed by atoms with Gasteiger partial charge in [-0.1, -0.05) is 24.3 Å². The van der Waals surface area contributed by atoms with Gasteiger partial charge in [0, 0.05) is 18.1 Å². The third-order valence-corrected chi connectivity index (χ3v) is 5.00. The van der Waals surface area contributed by atoms with Crippen LogP contribution in [-0.2, 0) is 30.9 Å². The molecule has 3 aromatic rings. The molecule has 1 aliphatic heterocycles. The highest BCUT2D eigenvalue weighted by Crippen LogP contribution is 2.14. The summed E-state index contributed by atoms with van der Waals surface area (Å²) in [6, 6.07) is 13.0. The summed E-state index contributed by atoms with van der Waals surface area (Å²) in [7, 11) is 1.28. The third-order valence-electron chi connectivity index (χ3n) is 5.00. The lowest BCUT2D eigenvalue weighted by molar-refractivity contribution is -0.930. The molecular formula is C22H22NO6+. The van der Waals surface area contributed by atoms with Gasteiger partial charge in [-0.05, 0) is 17.7 Å². The first kappa shape index (κ1) is 19.0. The number of benzene rings is 1. The van der Waals surface area contributed by atoms with E-state index in [9.17, 15) is 9.59 Å². The number of ether oxygens (including phenoxy) is 2. The molecule has 4 rings (SSSR count). The van der Waals surface area contributed by atoms with Crippen LogP contribution in [0, 0.1) is 0 Å². The molecule has 1 N–H and O–H groups in total. The fraction of sp³-hybridized carbons (Fsp3) is 0.273. The molecule has 0 fully saturated rings. The number of rotatable bonds is 6. The molecule has 0 saturated heterocycles. The lowest BCUT2D eigenvalue weighted by Gasteiger charge is -2.25. The van der Waals surface area contributed by atoms with E-state index < -0.39 is 5.97 Å². The molecule has 7 nitrogen and oxygen atoms in total. The fourth-order valence-corrected chi connectivity index (χ4v) is 3.49. The highest BCUT2D eigenvalue weighted by Gasteiger charge is 2.20. The first-order valence-corrected chi connectivity index (χ1v) is 9.44. The minimum absolute atomic E-state index is 0.00919. The van der Waals surface area contributed by atoms with Gasteiger partial charge in [0.15, 0.2) is 5.76 Å². The minimum Gasteiger partial charge on any atom is -0.479 e. The van der Waals surface area contributed by atoms with Crippen LogP contribution in [0.3, 0.4) is 0 Å². The summed E-state index contributed by atoms with van der Waals surface area (Å²) in [4.78, 5) is 25.1. The number of hydrogen-bond donors (Lipinski definition) is 1. The van der Waals surface area contributed by atoms with Crippen molar-refractivity contribution < 1.29 is 28.0 Å². The normalized spacial score (nSPS) is 15.6. The fourth-order valence-electron chi connectivity index (χ4n) is 3.49. The van der Waals surface area contributed by atoms with Gasteiger partial charge < -0.3 is 23.2 Å². The van der Waals surface area contributed by atoms with E-state index in [4.69, 9.17) is 13.6 Å². The standard InChI is InChI=1S/C22H21NO6/c1-26-22(25)20-7-6-17(29-20)13-28-21-14-27-18(10-19(21)24)12-23-9-8-15-4-2-3-5-16(15)11-23/h2-7,10,14H,8-9,11-13H2,1H3/p+1. The maximum Gasteiger partial charge on any atom is 0.373 e. The lowest BCUT2D eigenvalue weighted by Crippen LogP contribution is -3.10. The molecule has 0 radical (unpaired) electrons. The second-order valence-corrected chi connectivity index (χ2v) is 6.99. The lowest BCUT2D eigenvalue weighted by atomic mass is 10.00. The monoisotopic (exact) mass is 396 g/mol. The SMILES string of the molecule is COC(=O)c1ccc(COc2coc(C[NH+]3CCc4ccccc4C3)cc2=O)o1. The van der Waals surface area contributed by atoms with Crippen molar-refractivity contribution in [3.05, 3.63) is 87.4 Å². The van der Waals surface area contributed by atoms with Crippen molar-refractivity contribution in [3.8, 4) is 5.75 Å². The van der Waals surface area contributed by atoms with Gasteiger partial charge in [0.1, 0.15) is 31.7 Å². The van der Waals surface area contributed by atoms with Gasteiger partial charge in [-0.25, -0.2) is 4.79 Å². The van der Waals surface area contributed by atoms with Gasteiger partial charge in [0.25, 0.3) is 0 Å². The molecular weight excluding hydrogens is 374 g/mol. The Labute approximate surface area is 167 Å². The van der Waals surface area contributed by atoms with Gasteiger partial charge in [0.05, 0.1) is 13.7 Å². The Morgan fingerprint density at radius 3 is 2.76 bits per heavy atom. The van der Waals surface area contributed by atoms with E-state index >= 15 is 0 Å². The Balaban J connectivity index is 1.36. The summed E-state index contributed by atoms with van der Waals surface area (Å²) in [5, 5.41) is 0. The number of furan rings is 1. The second-order valence-electron chi connectivity index (χ2n) is 6.99. The first-order valence-electron chi connectivity index (χ1n) is 9.44. The molecule has 0 amide bonds. The van der Waals surface area contributed by atoms with Crippen molar-refractivity contribution in [2.75, 3.05) is 13.7 Å². The van der Waals surface area contributed by atoms with Crippen molar-refractivity contribution in [3.63, 3.8) is 0 Å². The number of esters is 1. The van der Waals surface area contributed by atoms with Crippen LogP contribution in [0.5, 0.6) is 5.75 Å². The van der Waals surface area contributed by atoms with E-state index in [0.29, 0.717) is 18.1 Å². The Hall–Kier alpha value is -3.32. The van der Waals surface area contributed by atoms with E-state index in [1.54, 1.807) is 6.07 Å². The molecule has 0 saturated carbocycles. The number of methoxy groups -OCH3 is 1. The van der Waals surface area contributed by atoms with Crippen LogP contribution in [0.4, 0.5) is 0 Å². The van der Waals surface area contributed by atoms with Crippen LogP contribution in [0.25, 0.3) is 0 Å². The zero-order valence-corrected chi connectivity index (χ0v) is 16.1. The van der Waals surface area contributed by atoms with Crippen molar-refractivity contribution in [1.82, 2.24) is 0 Å². The number of carbonyl (C=O) groups excluding carboxylic acids is 1. The maximum absolute atomic E-state index is 12.4. The molecule has 1 unspecified atom stereocenters. The molecule has 2 aromatic heterocycles. The number of carbonyl (C=O) groups is 1. The average molecular weight is 396 g/mol. The Morgan fingerprint density at radius 2 is 1.97 bits per heavy atom. The van der Waals surface area contributed by atoms with Crippen LogP contribution >= 0.6 is 0 Å². The molecule has 150 valence electrons. The van der Waals surface area contributed by atoms with E-state index in [1.807, 2.05) is 0 Å². The predicted octanol–water partition coefficient (Wildman–Crippen LogP) is 1.74. The van der Waals surface area contributed by atoms with Gasteiger partial charge in [-0.2, -0.15) is 0 Å². The number of fused-ring (bicyclic) bond motifs is 1. The van der Waals surface area contributed by atoms with Crippen molar-refractivity contribution >= 4 is 5.97 Å². The highest BCUT2D eigenvalue weighted by molar-refractivity contribution is 5.86. The first-order chi connectivity index (χ1) is 14.1. The summed E-state index contributed by atoms with van der Waals surface area (Å²) < 4.78 is 21.0. The van der Waals surface area contributed by atoms with Crippen LogP contribution in [0.1, 0.15) is 33.2 Å². The largest absolute Gasteiger partial charge is 0.479 e. The molecule has 7 heteroatoms. The number of quaternary nitrogens is 1. The zero-order valence-electron chi connectivity index (χ0n) is 16.1. The van der Waals surface area contributed by atoms with Crippen LogP contribution < -0.4 is 15.1 Å². The molecule has 1 atom stereocenters. The maximum atomic E-state index is 12.4. The Morgan fingerprint density at radius 1 is 1.14 bits per heavy atom. The summed E-state index contributed by atoms with van der Waals surface area (Å²) >= 11 is 0. The quantitative estimate of drug-likeness (QED) is 0.639. The van der Waals surface area contributed by atoms with Crippen molar-refractivity contribution in [1.29, 1.82) is 0 Å². The smallest absolute Gasteiger partial charge is 0.373 e. The number of nitrogens with one attached hydrogen (secondary N) is 1. The Kier molecular flexibility index (Phi) is 5.48. The average Bonchev–Trinajstić information content (AvgIpc) is 3.21. The van der Waals surface area contributed by atoms with Crippen LogP contribution in [0.15, 0.2) is 62.4 Å². The summed E-state index contributed by atoms with van der Waals surface area (Å²) in [5.74, 6) is 0.652. The molecule has 0 bridgehead atoms. The van der Waals surface area contributed by atoms with Crippen LogP contribution in [-0.4, -0.2) is 19.6 Å². The van der Waals surface area contributed by atoms with E-state index in [1.165, 1.54) is 41.5 Å². The molecule has 0 aliphatic carbocycles. The summed E-state index contributed by atoms with van der Waals surface area (Å²) in [6.07, 6.45) is 2.35. The zero-order chi connectivity index (χ0) is 20.2. The van der Waals surface area contributed by atoms with E-state index in [2.05, 4.69) is 29.0 Å².